The highest BCUT2D eigenvalue weighted by molar-refractivity contribution is 5.83. The van der Waals surface area contributed by atoms with Crippen molar-refractivity contribution in [2.24, 2.45) is 12.8 Å². The summed E-state index contributed by atoms with van der Waals surface area (Å²) >= 11 is 0. The van der Waals surface area contributed by atoms with Gasteiger partial charge in [0.25, 0.3) is 0 Å². The van der Waals surface area contributed by atoms with Gasteiger partial charge in [-0.15, -0.1) is 0 Å². The Morgan fingerprint density at radius 1 is 1.59 bits per heavy atom. The molecule has 0 aliphatic rings. The Morgan fingerprint density at radius 2 is 2.29 bits per heavy atom. The molecule has 5 nitrogen and oxygen atoms in total. The number of carboxylic acids is 1. The van der Waals surface area contributed by atoms with Crippen LogP contribution in [0.15, 0.2) is 18.3 Å². The van der Waals surface area contributed by atoms with Gasteiger partial charge in [-0.05, 0) is 30.5 Å². The van der Waals surface area contributed by atoms with Crippen LogP contribution in [-0.2, 0) is 18.3 Å². The van der Waals surface area contributed by atoms with Gasteiger partial charge in [0.2, 0.25) is 0 Å². The zero-order valence-electron chi connectivity index (χ0n) is 9.84. The molecule has 0 aliphatic heterocycles. The number of benzene rings is 1. The van der Waals surface area contributed by atoms with Gasteiger partial charge in [0.05, 0.1) is 11.7 Å². The maximum absolute atomic E-state index is 10.7. The molecule has 5 heteroatoms. The molecule has 17 heavy (non-hydrogen) atoms. The van der Waals surface area contributed by atoms with E-state index in [0.29, 0.717) is 6.42 Å². The van der Waals surface area contributed by atoms with E-state index in [1.165, 1.54) is 0 Å². The number of aliphatic carboxylic acids is 1. The zero-order chi connectivity index (χ0) is 12.6. The Kier molecular flexibility index (Phi) is 2.85. The lowest BCUT2D eigenvalue weighted by atomic mass is 10.0. The molecule has 1 aromatic heterocycles. The molecule has 0 fully saturated rings. The fraction of sp³-hybridized carbons (Fsp3) is 0.333. The SMILES string of the molecule is Cc1cc(C[C@@H](N)C(=O)O)cc2cnn(C)c12. The third-order valence-electron chi connectivity index (χ3n) is 2.86. The van der Waals surface area contributed by atoms with Crippen molar-refractivity contribution in [3.05, 3.63) is 29.5 Å². The topological polar surface area (TPSA) is 81.1 Å². The van der Waals surface area contributed by atoms with Gasteiger partial charge in [0.1, 0.15) is 6.04 Å². The van der Waals surface area contributed by atoms with E-state index >= 15 is 0 Å². The van der Waals surface area contributed by atoms with Crippen LogP contribution in [0.25, 0.3) is 10.9 Å². The maximum Gasteiger partial charge on any atom is 0.320 e. The van der Waals surface area contributed by atoms with Crippen LogP contribution in [0, 0.1) is 6.92 Å². The minimum Gasteiger partial charge on any atom is -0.480 e. The highest BCUT2D eigenvalue weighted by atomic mass is 16.4. The number of nitrogens with two attached hydrogens (primary N) is 1. The monoisotopic (exact) mass is 233 g/mol. The average Bonchev–Trinajstić information content (AvgIpc) is 2.60. The molecule has 0 saturated carbocycles. The molecular weight excluding hydrogens is 218 g/mol. The van der Waals surface area contributed by atoms with Crippen LogP contribution in [0.5, 0.6) is 0 Å². The van der Waals surface area contributed by atoms with Crippen LogP contribution in [-0.4, -0.2) is 26.9 Å². The van der Waals surface area contributed by atoms with E-state index in [2.05, 4.69) is 5.10 Å². The van der Waals surface area contributed by atoms with E-state index < -0.39 is 12.0 Å². The van der Waals surface area contributed by atoms with Crippen molar-refractivity contribution in [2.45, 2.75) is 19.4 Å². The lowest BCUT2D eigenvalue weighted by Crippen LogP contribution is -2.32. The van der Waals surface area contributed by atoms with Crippen molar-refractivity contribution in [1.82, 2.24) is 9.78 Å². The molecule has 0 aliphatic carbocycles. The second-order valence-corrected chi connectivity index (χ2v) is 4.27. The summed E-state index contributed by atoms with van der Waals surface area (Å²) in [6.07, 6.45) is 2.11. The quantitative estimate of drug-likeness (QED) is 0.823. The molecule has 2 aromatic rings. The van der Waals surface area contributed by atoms with E-state index in [9.17, 15) is 4.79 Å². The molecule has 0 amide bonds. The normalized spacial score (nSPS) is 12.9. The Bertz CT molecular complexity index is 574. The lowest BCUT2D eigenvalue weighted by Gasteiger charge is -2.08. The zero-order valence-corrected chi connectivity index (χ0v) is 9.84. The summed E-state index contributed by atoms with van der Waals surface area (Å²) in [6, 6.07) is 3.05. The molecule has 1 atom stereocenters. The first kappa shape index (κ1) is 11.6. The maximum atomic E-state index is 10.7. The van der Waals surface area contributed by atoms with Gasteiger partial charge in [-0.2, -0.15) is 5.10 Å². The van der Waals surface area contributed by atoms with Gasteiger partial charge >= 0.3 is 5.97 Å². The molecule has 0 spiro atoms. The Hall–Kier alpha value is -1.88. The second-order valence-electron chi connectivity index (χ2n) is 4.27. The summed E-state index contributed by atoms with van der Waals surface area (Å²) in [5.74, 6) is -0.978. The highest BCUT2D eigenvalue weighted by Crippen LogP contribution is 2.20. The summed E-state index contributed by atoms with van der Waals surface area (Å²) in [7, 11) is 1.89. The van der Waals surface area contributed by atoms with Crippen LogP contribution in [0.1, 0.15) is 11.1 Å². The van der Waals surface area contributed by atoms with E-state index in [0.717, 1.165) is 22.0 Å². The largest absolute Gasteiger partial charge is 0.480 e. The van der Waals surface area contributed by atoms with Crippen molar-refractivity contribution < 1.29 is 9.90 Å². The number of aromatic nitrogens is 2. The Morgan fingerprint density at radius 3 is 2.94 bits per heavy atom. The van der Waals surface area contributed by atoms with E-state index in [1.54, 1.807) is 6.20 Å². The molecule has 0 unspecified atom stereocenters. The first-order chi connectivity index (χ1) is 7.99. The van der Waals surface area contributed by atoms with Gasteiger partial charge < -0.3 is 10.8 Å². The molecule has 0 radical (unpaired) electrons. The number of rotatable bonds is 3. The summed E-state index contributed by atoms with van der Waals surface area (Å²) in [5, 5.41) is 14.0. The highest BCUT2D eigenvalue weighted by Gasteiger charge is 2.13. The third kappa shape index (κ3) is 2.14. The molecule has 90 valence electrons. The second kappa shape index (κ2) is 4.18. The molecule has 1 aromatic carbocycles. The predicted molar refractivity (Wildman–Crippen MR) is 64.8 cm³/mol. The minimum absolute atomic E-state index is 0.334. The van der Waals surface area contributed by atoms with Gasteiger partial charge in [0, 0.05) is 12.4 Å². The van der Waals surface area contributed by atoms with Crippen LogP contribution < -0.4 is 5.73 Å². The molecule has 1 heterocycles. The van der Waals surface area contributed by atoms with Crippen LogP contribution in [0.3, 0.4) is 0 Å². The number of nitrogens with zero attached hydrogens (tertiary/aromatic N) is 2. The van der Waals surface area contributed by atoms with E-state index in [-0.39, 0.29) is 0 Å². The van der Waals surface area contributed by atoms with Crippen molar-refractivity contribution in [3.63, 3.8) is 0 Å². The van der Waals surface area contributed by atoms with Crippen molar-refractivity contribution in [1.29, 1.82) is 0 Å². The van der Waals surface area contributed by atoms with Crippen LogP contribution in [0.2, 0.25) is 0 Å². The molecule has 0 bridgehead atoms. The summed E-state index contributed by atoms with van der Waals surface area (Å²) < 4.78 is 1.81. The number of carbonyl (C=O) groups is 1. The van der Waals surface area contributed by atoms with E-state index in [1.807, 2.05) is 30.8 Å². The first-order valence-corrected chi connectivity index (χ1v) is 5.38. The number of carboxylic acid groups (broad SMARTS) is 1. The van der Waals surface area contributed by atoms with Crippen molar-refractivity contribution >= 4 is 16.9 Å². The van der Waals surface area contributed by atoms with Gasteiger partial charge in [-0.3, -0.25) is 9.48 Å². The van der Waals surface area contributed by atoms with Crippen LogP contribution in [0.4, 0.5) is 0 Å². The fourth-order valence-corrected chi connectivity index (χ4v) is 2.09. The third-order valence-corrected chi connectivity index (χ3v) is 2.86. The fourth-order valence-electron chi connectivity index (χ4n) is 2.09. The number of hydrogen-bond acceptors (Lipinski definition) is 3. The number of fused-ring (bicyclic) bond motifs is 1. The minimum atomic E-state index is -0.978. The summed E-state index contributed by atoms with van der Waals surface area (Å²) in [4.78, 5) is 10.7. The predicted octanol–water partition coefficient (Wildman–Crippen LogP) is 0.836. The smallest absolute Gasteiger partial charge is 0.320 e. The first-order valence-electron chi connectivity index (χ1n) is 5.38. The average molecular weight is 233 g/mol. The van der Waals surface area contributed by atoms with E-state index in [4.69, 9.17) is 10.8 Å². The Balaban J connectivity index is 2.40. The molecule has 2 rings (SSSR count). The number of aryl methyl sites for hydroxylation is 2. The van der Waals surface area contributed by atoms with Crippen LogP contribution >= 0.6 is 0 Å². The van der Waals surface area contributed by atoms with Gasteiger partial charge in [0.15, 0.2) is 0 Å². The molecule has 3 N–H and O–H groups in total. The summed E-state index contributed by atoms with van der Waals surface area (Å²) in [5.41, 5.74) is 8.60. The van der Waals surface area contributed by atoms with Gasteiger partial charge in [-0.1, -0.05) is 6.07 Å². The molecular formula is C12H15N3O2. The van der Waals surface area contributed by atoms with Crippen molar-refractivity contribution in [2.75, 3.05) is 0 Å². The molecule has 0 saturated heterocycles. The lowest BCUT2D eigenvalue weighted by molar-refractivity contribution is -0.138. The van der Waals surface area contributed by atoms with Gasteiger partial charge in [-0.25, -0.2) is 0 Å². The Labute approximate surface area is 98.8 Å². The number of hydrogen-bond donors (Lipinski definition) is 2. The standard InChI is InChI=1S/C12H15N3O2/c1-7-3-8(5-10(13)12(16)17)4-9-6-14-15(2)11(7)9/h3-4,6,10H,5,13H2,1-2H3,(H,16,17)/t10-/m1/s1. The summed E-state index contributed by atoms with van der Waals surface area (Å²) in [6.45, 7) is 1.99. The van der Waals surface area contributed by atoms with Crippen molar-refractivity contribution in [3.8, 4) is 0 Å².